The molecule has 2 heterocycles. The second-order valence-corrected chi connectivity index (χ2v) is 5.05. The van der Waals surface area contributed by atoms with Gasteiger partial charge in [0.2, 0.25) is 5.89 Å². The molecule has 0 bridgehead atoms. The second-order valence-electron chi connectivity index (χ2n) is 3.44. The van der Waals surface area contributed by atoms with Crippen molar-refractivity contribution in [3.05, 3.63) is 27.3 Å². The number of anilines is 1. The Bertz CT molecular complexity index is 461. The van der Waals surface area contributed by atoms with Crippen LogP contribution < -0.4 is 5.32 Å². The van der Waals surface area contributed by atoms with Crippen molar-refractivity contribution in [3.63, 3.8) is 0 Å². The molecule has 0 aliphatic rings. The third kappa shape index (κ3) is 2.54. The predicted octanol–water partition coefficient (Wildman–Crippen LogP) is 3.10. The number of alkyl halides is 1. The van der Waals surface area contributed by atoms with Gasteiger partial charge in [0.1, 0.15) is 5.88 Å². The summed E-state index contributed by atoms with van der Waals surface area (Å²) in [5.41, 5.74) is 1.31. The van der Waals surface area contributed by atoms with Gasteiger partial charge in [0.05, 0.1) is 6.54 Å². The number of rotatable bonds is 4. The summed E-state index contributed by atoms with van der Waals surface area (Å²) in [4.78, 5) is 2.59. The molecule has 4 nitrogen and oxygen atoms in total. The molecule has 2 aromatic heterocycles. The Morgan fingerprint density at radius 3 is 2.81 bits per heavy atom. The van der Waals surface area contributed by atoms with Crippen molar-refractivity contribution >= 4 is 29.0 Å². The molecular weight excluding hydrogens is 246 g/mol. The molecule has 0 unspecified atom stereocenters. The minimum absolute atomic E-state index is 0.242. The van der Waals surface area contributed by atoms with Gasteiger partial charge in [-0.15, -0.1) is 28.0 Å². The molecule has 2 aromatic rings. The Kier molecular flexibility index (Phi) is 3.46. The van der Waals surface area contributed by atoms with E-state index in [-0.39, 0.29) is 5.88 Å². The molecule has 0 aliphatic carbocycles. The third-order valence-corrected chi connectivity index (χ3v) is 3.59. The van der Waals surface area contributed by atoms with Crippen LogP contribution in [0.2, 0.25) is 0 Å². The van der Waals surface area contributed by atoms with Crippen LogP contribution in [0.4, 0.5) is 6.01 Å². The first-order valence-corrected chi connectivity index (χ1v) is 6.22. The molecule has 0 saturated carbocycles. The van der Waals surface area contributed by atoms with E-state index in [1.54, 1.807) is 11.3 Å². The van der Waals surface area contributed by atoms with Crippen molar-refractivity contribution < 1.29 is 4.42 Å². The molecule has 0 saturated heterocycles. The van der Waals surface area contributed by atoms with Crippen LogP contribution in [0.25, 0.3) is 0 Å². The number of nitrogens with one attached hydrogen (secondary N) is 1. The van der Waals surface area contributed by atoms with Gasteiger partial charge in [0.15, 0.2) is 0 Å². The van der Waals surface area contributed by atoms with Crippen LogP contribution in [0.1, 0.15) is 21.2 Å². The smallest absolute Gasteiger partial charge is 0.315 e. The second kappa shape index (κ2) is 4.84. The molecule has 86 valence electrons. The lowest BCUT2D eigenvalue weighted by atomic mass is 10.3. The number of hydrogen-bond acceptors (Lipinski definition) is 5. The topological polar surface area (TPSA) is 51.0 Å². The Morgan fingerprint density at radius 2 is 2.25 bits per heavy atom. The van der Waals surface area contributed by atoms with E-state index in [0.29, 0.717) is 18.5 Å². The average molecular weight is 258 g/mol. The first kappa shape index (κ1) is 11.4. The maximum absolute atomic E-state index is 5.56. The number of thiophene rings is 1. The fourth-order valence-corrected chi connectivity index (χ4v) is 2.38. The van der Waals surface area contributed by atoms with E-state index in [4.69, 9.17) is 16.0 Å². The van der Waals surface area contributed by atoms with Gasteiger partial charge in [-0.05, 0) is 25.5 Å². The Labute approximate surface area is 103 Å². The molecule has 0 aliphatic heterocycles. The van der Waals surface area contributed by atoms with E-state index in [0.717, 1.165) is 0 Å². The summed E-state index contributed by atoms with van der Waals surface area (Å²) in [6, 6.07) is 2.57. The van der Waals surface area contributed by atoms with Gasteiger partial charge in [-0.25, -0.2) is 0 Å². The summed E-state index contributed by atoms with van der Waals surface area (Å²) in [6.45, 7) is 4.92. The van der Waals surface area contributed by atoms with Gasteiger partial charge >= 0.3 is 6.01 Å². The highest BCUT2D eigenvalue weighted by atomic mass is 35.5. The van der Waals surface area contributed by atoms with Gasteiger partial charge in [-0.3, -0.25) is 0 Å². The van der Waals surface area contributed by atoms with Crippen molar-refractivity contribution in [2.24, 2.45) is 0 Å². The summed E-state index contributed by atoms with van der Waals surface area (Å²) >= 11 is 7.33. The number of hydrogen-bond donors (Lipinski definition) is 1. The maximum atomic E-state index is 5.56. The zero-order valence-electron chi connectivity index (χ0n) is 9.08. The largest absolute Gasteiger partial charge is 0.407 e. The van der Waals surface area contributed by atoms with Gasteiger partial charge in [0, 0.05) is 9.75 Å². The fraction of sp³-hybridized carbons (Fsp3) is 0.400. The number of aryl methyl sites for hydroxylation is 2. The number of aromatic nitrogens is 2. The summed E-state index contributed by atoms with van der Waals surface area (Å²) in [5, 5.41) is 10.7. The van der Waals surface area contributed by atoms with E-state index >= 15 is 0 Å². The van der Waals surface area contributed by atoms with Crippen molar-refractivity contribution in [1.82, 2.24) is 10.2 Å². The average Bonchev–Trinajstić information content (AvgIpc) is 2.84. The Morgan fingerprint density at radius 1 is 1.44 bits per heavy atom. The monoisotopic (exact) mass is 257 g/mol. The molecule has 16 heavy (non-hydrogen) atoms. The summed E-state index contributed by atoms with van der Waals surface area (Å²) in [5.74, 6) is 0.675. The van der Waals surface area contributed by atoms with Crippen LogP contribution in [0.5, 0.6) is 0 Å². The van der Waals surface area contributed by atoms with Crippen molar-refractivity contribution in [3.8, 4) is 0 Å². The highest BCUT2D eigenvalue weighted by Crippen LogP contribution is 2.21. The fourth-order valence-electron chi connectivity index (χ4n) is 1.28. The third-order valence-electron chi connectivity index (χ3n) is 2.21. The standard InChI is InChI=1S/C10H12ClN3OS/c1-6-3-8(16-7(6)2)5-12-10-14-13-9(4-11)15-10/h3H,4-5H2,1-2H3,(H,12,14). The van der Waals surface area contributed by atoms with E-state index in [9.17, 15) is 0 Å². The Balaban J connectivity index is 1.96. The molecule has 0 amide bonds. The van der Waals surface area contributed by atoms with Crippen LogP contribution in [0, 0.1) is 13.8 Å². The molecule has 6 heteroatoms. The van der Waals surface area contributed by atoms with E-state index in [1.807, 2.05) is 0 Å². The van der Waals surface area contributed by atoms with Crippen LogP contribution in [-0.2, 0) is 12.4 Å². The van der Waals surface area contributed by atoms with Crippen molar-refractivity contribution in [1.29, 1.82) is 0 Å². The van der Waals surface area contributed by atoms with Crippen LogP contribution in [-0.4, -0.2) is 10.2 Å². The molecular formula is C10H12ClN3OS. The predicted molar refractivity (Wildman–Crippen MR) is 65.0 cm³/mol. The van der Waals surface area contributed by atoms with E-state index in [1.165, 1.54) is 15.3 Å². The first-order valence-electron chi connectivity index (χ1n) is 4.87. The molecule has 0 fully saturated rings. The molecule has 1 N–H and O–H groups in total. The van der Waals surface area contributed by atoms with Crippen LogP contribution in [0.3, 0.4) is 0 Å². The number of halogens is 1. The number of nitrogens with zero attached hydrogens (tertiary/aromatic N) is 2. The minimum atomic E-state index is 0.242. The molecule has 0 spiro atoms. The summed E-state index contributed by atoms with van der Waals surface area (Å²) < 4.78 is 5.23. The molecule has 0 aromatic carbocycles. The summed E-state index contributed by atoms with van der Waals surface area (Å²) in [6.07, 6.45) is 0. The highest BCUT2D eigenvalue weighted by molar-refractivity contribution is 7.12. The Hall–Kier alpha value is -1.07. The first-order chi connectivity index (χ1) is 7.69. The molecule has 0 radical (unpaired) electrons. The van der Waals surface area contributed by atoms with Gasteiger partial charge < -0.3 is 9.73 Å². The highest BCUT2D eigenvalue weighted by Gasteiger charge is 2.05. The van der Waals surface area contributed by atoms with Gasteiger partial charge in [-0.2, -0.15) is 0 Å². The van der Waals surface area contributed by atoms with Crippen molar-refractivity contribution in [2.75, 3.05) is 5.32 Å². The van der Waals surface area contributed by atoms with Gasteiger partial charge in [0.25, 0.3) is 0 Å². The van der Waals surface area contributed by atoms with Crippen molar-refractivity contribution in [2.45, 2.75) is 26.3 Å². The maximum Gasteiger partial charge on any atom is 0.315 e. The normalized spacial score (nSPS) is 10.7. The zero-order chi connectivity index (χ0) is 11.5. The van der Waals surface area contributed by atoms with E-state index in [2.05, 4.69) is 35.4 Å². The molecule has 0 atom stereocenters. The lowest BCUT2D eigenvalue weighted by Gasteiger charge is -1.96. The summed E-state index contributed by atoms with van der Waals surface area (Å²) in [7, 11) is 0. The quantitative estimate of drug-likeness (QED) is 0.855. The minimum Gasteiger partial charge on any atom is -0.407 e. The lowest BCUT2D eigenvalue weighted by molar-refractivity contribution is 0.525. The van der Waals surface area contributed by atoms with Crippen LogP contribution >= 0.6 is 22.9 Å². The van der Waals surface area contributed by atoms with Crippen LogP contribution in [0.15, 0.2) is 10.5 Å². The SMILES string of the molecule is Cc1cc(CNc2nnc(CCl)o2)sc1C. The lowest BCUT2D eigenvalue weighted by Crippen LogP contribution is -1.97. The zero-order valence-corrected chi connectivity index (χ0v) is 10.7. The molecule has 2 rings (SSSR count). The van der Waals surface area contributed by atoms with Gasteiger partial charge in [-0.1, -0.05) is 5.10 Å². The van der Waals surface area contributed by atoms with E-state index < -0.39 is 0 Å².